The lowest BCUT2D eigenvalue weighted by Gasteiger charge is -2.11. The molecule has 0 bridgehead atoms. The highest BCUT2D eigenvalue weighted by Crippen LogP contribution is 2.28. The average Bonchev–Trinajstić information content (AvgIpc) is 2.64. The van der Waals surface area contributed by atoms with Crippen LogP contribution < -0.4 is 14.8 Å². The van der Waals surface area contributed by atoms with Gasteiger partial charge in [0.05, 0.1) is 13.3 Å². The number of carbonyl (C=O) groups is 1. The second kappa shape index (κ2) is 10.4. The highest BCUT2D eigenvalue weighted by atomic mass is 35.5. The van der Waals surface area contributed by atoms with Gasteiger partial charge in [-0.1, -0.05) is 28.9 Å². The van der Waals surface area contributed by atoms with Crippen molar-refractivity contribution < 1.29 is 19.1 Å². The molecule has 0 aromatic heterocycles. The highest BCUT2D eigenvalue weighted by Gasteiger charge is 2.06. The summed E-state index contributed by atoms with van der Waals surface area (Å²) >= 11 is 5.88. The normalized spacial score (nSPS) is 10.9. The number of hydrogen-bond donors (Lipinski definition) is 1. The van der Waals surface area contributed by atoms with Crippen molar-refractivity contribution in [2.24, 2.45) is 5.16 Å². The van der Waals surface area contributed by atoms with Crippen LogP contribution in [0.5, 0.6) is 11.5 Å². The zero-order chi connectivity index (χ0) is 19.6. The molecule has 0 aliphatic rings. The minimum Gasteiger partial charge on any atom is -0.493 e. The van der Waals surface area contributed by atoms with E-state index in [1.807, 2.05) is 44.2 Å². The van der Waals surface area contributed by atoms with Gasteiger partial charge in [-0.15, -0.1) is 0 Å². The van der Waals surface area contributed by atoms with Crippen LogP contribution in [0.15, 0.2) is 47.6 Å². The van der Waals surface area contributed by atoms with Crippen molar-refractivity contribution in [1.29, 1.82) is 0 Å². The summed E-state index contributed by atoms with van der Waals surface area (Å²) in [6, 6.07) is 12.9. The number of halogens is 1. The summed E-state index contributed by atoms with van der Waals surface area (Å²) in [5, 5.41) is 7.20. The number of nitrogens with zero attached hydrogens (tertiary/aromatic N) is 1. The van der Waals surface area contributed by atoms with E-state index in [1.54, 1.807) is 19.2 Å². The molecule has 0 fully saturated rings. The first-order chi connectivity index (χ1) is 13.0. The van der Waals surface area contributed by atoms with Crippen molar-refractivity contribution in [3.8, 4) is 11.5 Å². The van der Waals surface area contributed by atoms with Crippen LogP contribution in [0.2, 0.25) is 5.02 Å². The van der Waals surface area contributed by atoms with Crippen LogP contribution >= 0.6 is 11.6 Å². The molecule has 0 spiro atoms. The van der Waals surface area contributed by atoms with Gasteiger partial charge in [-0.3, -0.25) is 4.79 Å². The van der Waals surface area contributed by atoms with E-state index < -0.39 is 0 Å². The maximum atomic E-state index is 11.5. The van der Waals surface area contributed by atoms with E-state index in [9.17, 15) is 4.79 Å². The summed E-state index contributed by atoms with van der Waals surface area (Å²) in [5.41, 5.74) is 1.76. The molecule has 1 N–H and O–H groups in total. The summed E-state index contributed by atoms with van der Waals surface area (Å²) in [5.74, 6) is 0.970. The number of ether oxygens (including phenoxy) is 2. The lowest BCUT2D eigenvalue weighted by Crippen LogP contribution is -2.32. The Kier molecular flexibility index (Phi) is 7.95. The number of nitrogens with one attached hydrogen (secondary N) is 1. The molecule has 27 heavy (non-hydrogen) atoms. The van der Waals surface area contributed by atoms with E-state index in [2.05, 4.69) is 10.5 Å². The molecule has 0 heterocycles. The van der Waals surface area contributed by atoms with Gasteiger partial charge in [0.25, 0.3) is 5.91 Å². The Hall–Kier alpha value is -2.73. The fourth-order valence-electron chi connectivity index (χ4n) is 2.18. The summed E-state index contributed by atoms with van der Waals surface area (Å²) in [6.45, 7) is 4.02. The van der Waals surface area contributed by atoms with Crippen LogP contribution in [0.1, 0.15) is 25.0 Å². The Morgan fingerprint density at radius 2 is 1.93 bits per heavy atom. The van der Waals surface area contributed by atoms with E-state index in [0.29, 0.717) is 23.1 Å². The first kappa shape index (κ1) is 20.6. The monoisotopic (exact) mass is 390 g/mol. The zero-order valence-corrected chi connectivity index (χ0v) is 16.3. The number of hydrogen-bond acceptors (Lipinski definition) is 5. The van der Waals surface area contributed by atoms with Crippen LogP contribution in [-0.2, 0) is 16.2 Å². The lowest BCUT2D eigenvalue weighted by molar-refractivity contribution is -0.126. The molecule has 0 aliphatic carbocycles. The topological polar surface area (TPSA) is 69.2 Å². The van der Waals surface area contributed by atoms with Crippen LogP contribution in [0.3, 0.4) is 0 Å². The van der Waals surface area contributed by atoms with Crippen molar-refractivity contribution in [2.75, 3.05) is 13.7 Å². The van der Waals surface area contributed by atoms with Gasteiger partial charge in [-0.25, -0.2) is 0 Å². The van der Waals surface area contributed by atoms with Gasteiger partial charge >= 0.3 is 0 Å². The molecule has 0 saturated heterocycles. The third-order valence-corrected chi connectivity index (χ3v) is 3.67. The van der Waals surface area contributed by atoms with E-state index in [4.69, 9.17) is 25.9 Å². The molecule has 6 nitrogen and oxygen atoms in total. The second-order valence-corrected chi connectivity index (χ2v) is 6.49. The number of oxime groups is 1. The Bertz CT molecular complexity index is 776. The summed E-state index contributed by atoms with van der Waals surface area (Å²) < 4.78 is 11.2. The number of rotatable bonds is 9. The van der Waals surface area contributed by atoms with E-state index in [1.165, 1.54) is 6.21 Å². The van der Waals surface area contributed by atoms with Crippen LogP contribution in [0.4, 0.5) is 0 Å². The largest absolute Gasteiger partial charge is 0.493 e. The molecule has 0 radical (unpaired) electrons. The number of carbonyl (C=O) groups excluding carboxylic acids is 1. The van der Waals surface area contributed by atoms with Crippen LogP contribution in [-0.4, -0.2) is 31.9 Å². The number of methoxy groups -OCH3 is 1. The van der Waals surface area contributed by atoms with Crippen molar-refractivity contribution >= 4 is 23.7 Å². The molecule has 1 amide bonds. The standard InChI is InChI=1S/C20H23ClN2O4/c1-14(2)23-20(24)13-27-22-11-16-6-9-18(19(10-16)25-3)26-12-15-4-7-17(21)8-5-15/h4-11,14H,12-13H2,1-3H3,(H,23,24)/b22-11+. The molecule has 7 heteroatoms. The molecule has 2 aromatic rings. The molecule has 2 rings (SSSR count). The predicted octanol–water partition coefficient (Wildman–Crippen LogP) is 3.80. The molecule has 144 valence electrons. The van der Waals surface area contributed by atoms with E-state index in [0.717, 1.165) is 11.1 Å². The van der Waals surface area contributed by atoms with Crippen LogP contribution in [0, 0.1) is 0 Å². The first-order valence-corrected chi connectivity index (χ1v) is 8.85. The van der Waals surface area contributed by atoms with Gasteiger partial charge in [0.2, 0.25) is 0 Å². The number of amides is 1. The van der Waals surface area contributed by atoms with Crippen LogP contribution in [0.25, 0.3) is 0 Å². The quantitative estimate of drug-likeness (QED) is 0.522. The van der Waals surface area contributed by atoms with Crippen molar-refractivity contribution in [3.63, 3.8) is 0 Å². The minimum atomic E-state index is -0.217. The molecule has 0 saturated carbocycles. The third-order valence-electron chi connectivity index (χ3n) is 3.42. The SMILES string of the molecule is COc1cc(/C=N/OCC(=O)NC(C)C)ccc1OCc1ccc(Cl)cc1. The van der Waals surface area contributed by atoms with Crippen molar-refractivity contribution in [3.05, 3.63) is 58.6 Å². The minimum absolute atomic E-state index is 0.0646. The predicted molar refractivity (Wildman–Crippen MR) is 106 cm³/mol. The molecular formula is C20H23ClN2O4. The summed E-state index contributed by atoms with van der Waals surface area (Å²) in [7, 11) is 1.57. The first-order valence-electron chi connectivity index (χ1n) is 8.48. The third kappa shape index (κ3) is 7.19. The Labute approximate surface area is 164 Å². The average molecular weight is 391 g/mol. The van der Waals surface area contributed by atoms with Crippen molar-refractivity contribution in [2.45, 2.75) is 26.5 Å². The lowest BCUT2D eigenvalue weighted by atomic mass is 10.2. The number of benzene rings is 2. The Morgan fingerprint density at radius 3 is 2.59 bits per heavy atom. The maximum absolute atomic E-state index is 11.5. The Morgan fingerprint density at radius 1 is 1.19 bits per heavy atom. The van der Waals surface area contributed by atoms with Gasteiger partial charge in [-0.2, -0.15) is 0 Å². The highest BCUT2D eigenvalue weighted by molar-refractivity contribution is 6.30. The molecular weight excluding hydrogens is 368 g/mol. The molecule has 0 aliphatic heterocycles. The van der Waals surface area contributed by atoms with Crippen molar-refractivity contribution in [1.82, 2.24) is 5.32 Å². The van der Waals surface area contributed by atoms with Gasteiger partial charge in [-0.05, 0) is 49.7 Å². The van der Waals surface area contributed by atoms with Gasteiger partial charge in [0.15, 0.2) is 18.1 Å². The summed E-state index contributed by atoms with van der Waals surface area (Å²) in [6.07, 6.45) is 1.51. The molecule has 0 atom stereocenters. The van der Waals surface area contributed by atoms with E-state index >= 15 is 0 Å². The molecule has 2 aromatic carbocycles. The second-order valence-electron chi connectivity index (χ2n) is 6.06. The fraction of sp³-hybridized carbons (Fsp3) is 0.300. The Balaban J connectivity index is 1.91. The van der Waals surface area contributed by atoms with Gasteiger partial charge in [0, 0.05) is 16.6 Å². The smallest absolute Gasteiger partial charge is 0.260 e. The maximum Gasteiger partial charge on any atom is 0.260 e. The zero-order valence-electron chi connectivity index (χ0n) is 15.6. The molecule has 0 unspecified atom stereocenters. The van der Waals surface area contributed by atoms with E-state index in [-0.39, 0.29) is 18.6 Å². The van der Waals surface area contributed by atoms with Gasteiger partial charge < -0.3 is 19.6 Å². The fourth-order valence-corrected chi connectivity index (χ4v) is 2.31. The van der Waals surface area contributed by atoms with Gasteiger partial charge in [0.1, 0.15) is 6.61 Å². The summed E-state index contributed by atoms with van der Waals surface area (Å²) in [4.78, 5) is 16.5.